The number of hydrogen-bond donors (Lipinski definition) is 0. The minimum absolute atomic E-state index is 1.19. The van der Waals surface area contributed by atoms with Crippen LogP contribution in [0.3, 0.4) is 0 Å². The van der Waals surface area contributed by atoms with Crippen molar-refractivity contribution in [3.05, 3.63) is 23.3 Å². The lowest BCUT2D eigenvalue weighted by Gasteiger charge is -2.08. The monoisotopic (exact) mass is 426 g/mol. The van der Waals surface area contributed by atoms with Gasteiger partial charge < -0.3 is 0 Å². The van der Waals surface area contributed by atoms with Gasteiger partial charge in [-0.05, 0) is 51.4 Å². The van der Waals surface area contributed by atoms with E-state index < -0.39 is 0 Å². The van der Waals surface area contributed by atoms with Crippen LogP contribution in [0.5, 0.6) is 0 Å². The maximum absolute atomic E-state index is 2.55. The molecule has 0 aromatic carbocycles. The van der Waals surface area contributed by atoms with Crippen LogP contribution in [0.4, 0.5) is 0 Å². The molecule has 0 bridgehead atoms. The third kappa shape index (κ3) is 19.5. The van der Waals surface area contributed by atoms with Crippen molar-refractivity contribution in [1.29, 1.82) is 0 Å². The lowest BCUT2D eigenvalue weighted by atomic mass is 10.0. The van der Waals surface area contributed by atoms with E-state index >= 15 is 0 Å². The highest BCUT2D eigenvalue weighted by Gasteiger charge is 2.00. The van der Waals surface area contributed by atoms with Gasteiger partial charge in [0, 0.05) is 11.5 Å². The second kappa shape index (κ2) is 23.5. The quantitative estimate of drug-likeness (QED) is 0.102. The van der Waals surface area contributed by atoms with Gasteiger partial charge in [-0.25, -0.2) is 0 Å². The van der Waals surface area contributed by atoms with Gasteiger partial charge >= 0.3 is 0 Å². The van der Waals surface area contributed by atoms with Crippen LogP contribution >= 0.6 is 21.6 Å². The fourth-order valence-corrected chi connectivity index (χ4v) is 5.25. The molecule has 0 rings (SSSR count). The number of unbranched alkanes of at least 4 members (excludes halogenated alkanes) is 8. The molecule has 0 N–H and O–H groups in total. The largest absolute Gasteiger partial charge is 0.0897 e. The Morgan fingerprint density at radius 2 is 0.750 bits per heavy atom. The van der Waals surface area contributed by atoms with Gasteiger partial charge in [0.1, 0.15) is 0 Å². The minimum atomic E-state index is 1.19. The van der Waals surface area contributed by atoms with E-state index in [1.165, 1.54) is 114 Å². The van der Waals surface area contributed by atoms with Crippen molar-refractivity contribution in [2.24, 2.45) is 0 Å². The highest BCUT2D eigenvalue weighted by Crippen LogP contribution is 2.26. The molecule has 0 fully saturated rings. The third-order valence-corrected chi connectivity index (χ3v) is 7.46. The summed E-state index contributed by atoms with van der Waals surface area (Å²) in [4.78, 5) is 0. The Morgan fingerprint density at radius 1 is 0.464 bits per heavy atom. The number of allylic oxidation sites excluding steroid dienone is 2. The third-order valence-electron chi connectivity index (χ3n) is 5.37. The van der Waals surface area contributed by atoms with E-state index in [-0.39, 0.29) is 0 Å². The Morgan fingerprint density at radius 3 is 1.00 bits per heavy atom. The summed E-state index contributed by atoms with van der Waals surface area (Å²) in [5, 5.41) is 0. The molecule has 2 heteroatoms. The molecule has 0 unspecified atom stereocenters. The zero-order valence-corrected chi connectivity index (χ0v) is 21.3. The summed E-state index contributed by atoms with van der Waals surface area (Å²) in [5.74, 6) is 2.38. The summed E-state index contributed by atoms with van der Waals surface area (Å²) < 4.78 is 0. The minimum Gasteiger partial charge on any atom is -0.0897 e. The van der Waals surface area contributed by atoms with E-state index in [1.54, 1.807) is 11.1 Å². The highest BCUT2D eigenvalue weighted by atomic mass is 33.1. The van der Waals surface area contributed by atoms with Gasteiger partial charge in [-0.2, -0.15) is 0 Å². The molecule has 166 valence electrons. The Hall–Kier alpha value is 0.180. The van der Waals surface area contributed by atoms with E-state index in [1.807, 2.05) is 0 Å². The Balaban J connectivity index is 4.21. The second-order valence-corrected chi connectivity index (χ2v) is 10.7. The van der Waals surface area contributed by atoms with Gasteiger partial charge in [0.05, 0.1) is 0 Å². The predicted molar refractivity (Wildman–Crippen MR) is 138 cm³/mol. The first-order valence-corrected chi connectivity index (χ1v) is 14.9. The highest BCUT2D eigenvalue weighted by molar-refractivity contribution is 8.76. The van der Waals surface area contributed by atoms with Crippen LogP contribution in [0, 0.1) is 0 Å². The molecule has 0 aromatic rings. The van der Waals surface area contributed by atoms with Crippen molar-refractivity contribution in [3.63, 3.8) is 0 Å². The Kier molecular flexibility index (Phi) is 23.6. The lowest BCUT2D eigenvalue weighted by molar-refractivity contribution is 0.658. The van der Waals surface area contributed by atoms with Crippen molar-refractivity contribution < 1.29 is 0 Å². The molecule has 0 saturated heterocycles. The first kappa shape index (κ1) is 28.2. The molecule has 28 heavy (non-hydrogen) atoms. The molecule has 0 aromatic heterocycles. The summed E-state index contributed by atoms with van der Waals surface area (Å²) in [6.45, 7) is 9.22. The topological polar surface area (TPSA) is 0 Å². The van der Waals surface area contributed by atoms with Crippen molar-refractivity contribution in [3.8, 4) is 0 Å². The normalized spacial score (nSPS) is 10.9. The smallest absolute Gasteiger partial charge is 0.0220 e. The summed E-state index contributed by atoms with van der Waals surface area (Å²) in [6, 6.07) is 0. The van der Waals surface area contributed by atoms with E-state index in [2.05, 4.69) is 61.4 Å². The summed E-state index contributed by atoms with van der Waals surface area (Å²) in [5.41, 5.74) is 3.45. The van der Waals surface area contributed by atoms with Crippen LogP contribution in [0.25, 0.3) is 0 Å². The standard InChI is InChI=1S/C26H50S2/c1-5-9-13-17-25(18-14-10-6-2)21-23-27-28-24-22-26(19-15-11-7-3)20-16-12-8-4/h21-22H,5-20,23-24H2,1-4H3. The predicted octanol–water partition coefficient (Wildman–Crippen LogP) is 10.5. The van der Waals surface area contributed by atoms with Gasteiger partial charge in [-0.1, -0.05) is 124 Å². The Labute approximate surface area is 186 Å². The maximum atomic E-state index is 2.55. The molecule has 0 radical (unpaired) electrons. The fraction of sp³-hybridized carbons (Fsp3) is 0.846. The average Bonchev–Trinajstić information content (AvgIpc) is 2.70. The zero-order chi connectivity index (χ0) is 20.7. The molecule has 0 aliphatic carbocycles. The van der Waals surface area contributed by atoms with E-state index in [0.29, 0.717) is 0 Å². The first-order valence-electron chi connectivity index (χ1n) is 12.4. The molecular weight excluding hydrogens is 376 g/mol. The fourth-order valence-electron chi connectivity index (χ4n) is 3.47. The zero-order valence-electron chi connectivity index (χ0n) is 19.7. The lowest BCUT2D eigenvalue weighted by Crippen LogP contribution is -1.89. The van der Waals surface area contributed by atoms with Gasteiger partial charge in [-0.15, -0.1) is 0 Å². The maximum Gasteiger partial charge on any atom is 0.0220 e. The number of hydrogen-bond acceptors (Lipinski definition) is 2. The van der Waals surface area contributed by atoms with Crippen LogP contribution in [-0.4, -0.2) is 11.5 Å². The van der Waals surface area contributed by atoms with E-state index in [0.717, 1.165) is 0 Å². The van der Waals surface area contributed by atoms with Gasteiger partial charge in [0.15, 0.2) is 0 Å². The van der Waals surface area contributed by atoms with Gasteiger partial charge in [-0.3, -0.25) is 0 Å². The summed E-state index contributed by atoms with van der Waals surface area (Å²) in [7, 11) is 4.11. The molecule has 0 heterocycles. The van der Waals surface area contributed by atoms with Crippen molar-refractivity contribution in [2.75, 3.05) is 11.5 Å². The van der Waals surface area contributed by atoms with Crippen LogP contribution in [-0.2, 0) is 0 Å². The first-order chi connectivity index (χ1) is 13.8. The van der Waals surface area contributed by atoms with Crippen molar-refractivity contribution in [1.82, 2.24) is 0 Å². The summed E-state index contributed by atoms with van der Waals surface area (Å²) in [6.07, 6.45) is 26.8. The molecule has 0 spiro atoms. The molecule has 0 aliphatic rings. The molecular formula is C26H50S2. The Bertz CT molecular complexity index is 311. The molecule has 0 nitrogen and oxygen atoms in total. The molecule has 0 amide bonds. The second-order valence-electron chi connectivity index (χ2n) is 8.12. The molecule has 0 saturated carbocycles. The van der Waals surface area contributed by atoms with E-state index in [9.17, 15) is 0 Å². The average molecular weight is 427 g/mol. The molecule has 0 atom stereocenters. The van der Waals surface area contributed by atoms with Crippen LogP contribution in [0.1, 0.15) is 130 Å². The van der Waals surface area contributed by atoms with Crippen molar-refractivity contribution in [2.45, 2.75) is 130 Å². The van der Waals surface area contributed by atoms with Gasteiger partial charge in [0.25, 0.3) is 0 Å². The van der Waals surface area contributed by atoms with Crippen LogP contribution < -0.4 is 0 Å². The van der Waals surface area contributed by atoms with Gasteiger partial charge in [0.2, 0.25) is 0 Å². The van der Waals surface area contributed by atoms with Crippen LogP contribution in [0.2, 0.25) is 0 Å². The van der Waals surface area contributed by atoms with E-state index in [4.69, 9.17) is 0 Å². The summed E-state index contributed by atoms with van der Waals surface area (Å²) >= 11 is 0. The number of rotatable bonds is 21. The van der Waals surface area contributed by atoms with Crippen molar-refractivity contribution >= 4 is 21.6 Å². The van der Waals surface area contributed by atoms with Crippen LogP contribution in [0.15, 0.2) is 23.3 Å². The SMILES string of the molecule is CCCCCC(=CCSSCC=C(CCCCC)CCCCC)CCCCC. The molecule has 0 aliphatic heterocycles.